The van der Waals surface area contributed by atoms with Crippen LogP contribution in [-0.4, -0.2) is 54.0 Å². The third kappa shape index (κ3) is 6.70. The number of nitrogens with one attached hydrogen (secondary N) is 2. The van der Waals surface area contributed by atoms with Gasteiger partial charge in [0.05, 0.1) is 0 Å². The fraction of sp³-hybridized carbons (Fsp3) is 0.310. The molecule has 35 heavy (non-hydrogen) atoms. The molecule has 3 aromatic carbocycles. The van der Waals surface area contributed by atoms with Crippen molar-refractivity contribution in [1.82, 2.24) is 15.1 Å². The Morgan fingerprint density at radius 2 is 1.34 bits per heavy atom. The molecule has 0 saturated carbocycles. The van der Waals surface area contributed by atoms with Crippen LogP contribution in [0.4, 0.5) is 10.5 Å². The van der Waals surface area contributed by atoms with Crippen molar-refractivity contribution in [1.29, 1.82) is 0 Å². The van der Waals surface area contributed by atoms with Gasteiger partial charge in [-0.3, -0.25) is 9.69 Å². The number of rotatable bonds is 7. The highest BCUT2D eigenvalue weighted by Gasteiger charge is 2.29. The molecule has 1 aliphatic rings. The van der Waals surface area contributed by atoms with Crippen LogP contribution < -0.4 is 10.6 Å². The predicted molar refractivity (Wildman–Crippen MR) is 140 cm³/mol. The average molecular weight is 471 g/mol. The van der Waals surface area contributed by atoms with Crippen molar-refractivity contribution in [2.24, 2.45) is 0 Å². The minimum absolute atomic E-state index is 0.0372. The molecule has 0 aromatic heterocycles. The van der Waals surface area contributed by atoms with E-state index in [0.717, 1.165) is 42.0 Å². The Morgan fingerprint density at radius 1 is 0.771 bits per heavy atom. The molecular formula is C29H34N4O2. The summed E-state index contributed by atoms with van der Waals surface area (Å²) >= 11 is 0. The number of piperazine rings is 1. The van der Waals surface area contributed by atoms with E-state index in [2.05, 4.69) is 39.8 Å². The quantitative estimate of drug-likeness (QED) is 0.539. The highest BCUT2D eigenvalue weighted by Crippen LogP contribution is 2.19. The molecule has 0 aliphatic carbocycles. The molecule has 6 nitrogen and oxygen atoms in total. The number of hydrogen-bond donors (Lipinski definition) is 2. The van der Waals surface area contributed by atoms with Crippen LogP contribution in [0.15, 0.2) is 78.9 Å². The van der Waals surface area contributed by atoms with Gasteiger partial charge in [-0.05, 0) is 36.1 Å². The minimum atomic E-state index is -0.637. The van der Waals surface area contributed by atoms with E-state index in [1.807, 2.05) is 73.3 Å². The zero-order valence-electron chi connectivity index (χ0n) is 20.5. The maximum atomic E-state index is 13.6. The van der Waals surface area contributed by atoms with Crippen molar-refractivity contribution >= 4 is 17.6 Å². The van der Waals surface area contributed by atoms with Gasteiger partial charge < -0.3 is 15.5 Å². The highest BCUT2D eigenvalue weighted by molar-refractivity contribution is 5.95. The first kappa shape index (κ1) is 24.5. The SMILES string of the molecule is Cc1cccc(C)c1NC(=O)NC(Cc1ccccc1)C(=O)N1CCN(Cc2ccccc2)CC1. The lowest BCUT2D eigenvalue weighted by atomic mass is 10.0. The van der Waals surface area contributed by atoms with Crippen LogP contribution >= 0.6 is 0 Å². The van der Waals surface area contributed by atoms with Crippen LogP contribution in [0.1, 0.15) is 22.3 Å². The maximum Gasteiger partial charge on any atom is 0.319 e. The van der Waals surface area contributed by atoms with Crippen LogP contribution in [0.25, 0.3) is 0 Å². The molecule has 1 saturated heterocycles. The number of nitrogens with zero attached hydrogens (tertiary/aromatic N) is 2. The summed E-state index contributed by atoms with van der Waals surface area (Å²) in [7, 11) is 0. The molecule has 0 spiro atoms. The van der Waals surface area contributed by atoms with Crippen molar-refractivity contribution in [3.05, 3.63) is 101 Å². The molecule has 3 amide bonds. The van der Waals surface area contributed by atoms with Crippen LogP contribution in [-0.2, 0) is 17.8 Å². The predicted octanol–water partition coefficient (Wildman–Crippen LogP) is 4.38. The first-order valence-electron chi connectivity index (χ1n) is 12.2. The Labute approximate surface area is 207 Å². The van der Waals surface area contributed by atoms with Gasteiger partial charge in [0, 0.05) is 44.8 Å². The van der Waals surface area contributed by atoms with Crippen molar-refractivity contribution < 1.29 is 9.59 Å². The summed E-state index contributed by atoms with van der Waals surface area (Å²) in [4.78, 5) is 30.8. The maximum absolute atomic E-state index is 13.6. The average Bonchev–Trinajstić information content (AvgIpc) is 2.87. The summed E-state index contributed by atoms with van der Waals surface area (Å²) in [6, 6.07) is 25.1. The third-order valence-electron chi connectivity index (χ3n) is 6.54. The van der Waals surface area contributed by atoms with Gasteiger partial charge in [0.1, 0.15) is 6.04 Å². The highest BCUT2D eigenvalue weighted by atomic mass is 16.2. The molecule has 182 valence electrons. The normalized spacial score (nSPS) is 14.9. The Hall–Kier alpha value is -3.64. The van der Waals surface area contributed by atoms with E-state index < -0.39 is 6.04 Å². The molecule has 2 N–H and O–H groups in total. The second-order valence-electron chi connectivity index (χ2n) is 9.19. The van der Waals surface area contributed by atoms with E-state index in [0.29, 0.717) is 19.5 Å². The van der Waals surface area contributed by atoms with Crippen LogP contribution in [0, 0.1) is 13.8 Å². The van der Waals surface area contributed by atoms with E-state index >= 15 is 0 Å². The Morgan fingerprint density at radius 3 is 1.94 bits per heavy atom. The van der Waals surface area contributed by atoms with Crippen molar-refractivity contribution in [2.45, 2.75) is 32.9 Å². The number of carbonyl (C=O) groups excluding carboxylic acids is 2. The summed E-state index contributed by atoms with van der Waals surface area (Å²) < 4.78 is 0. The van der Waals surface area contributed by atoms with Gasteiger partial charge >= 0.3 is 6.03 Å². The first-order valence-corrected chi connectivity index (χ1v) is 12.2. The number of anilines is 1. The summed E-state index contributed by atoms with van der Waals surface area (Å²) in [6.07, 6.45) is 0.448. The zero-order chi connectivity index (χ0) is 24.6. The summed E-state index contributed by atoms with van der Waals surface area (Å²) in [5, 5.41) is 5.92. The largest absolute Gasteiger partial charge is 0.338 e. The number of aryl methyl sites for hydroxylation is 2. The Kier molecular flexibility index (Phi) is 8.16. The standard InChI is InChI=1S/C29H34N4O2/c1-22-10-9-11-23(2)27(22)31-29(35)30-26(20-24-12-5-3-6-13-24)28(34)33-18-16-32(17-19-33)21-25-14-7-4-8-15-25/h3-15,26H,16-21H2,1-2H3,(H2,30,31,35). The second-order valence-corrected chi connectivity index (χ2v) is 9.19. The minimum Gasteiger partial charge on any atom is -0.338 e. The van der Waals surface area contributed by atoms with Gasteiger partial charge in [-0.15, -0.1) is 0 Å². The van der Waals surface area contributed by atoms with E-state index in [1.54, 1.807) is 0 Å². The first-order chi connectivity index (χ1) is 17.0. The fourth-order valence-electron chi connectivity index (χ4n) is 4.56. The lowest BCUT2D eigenvalue weighted by molar-refractivity contribution is -0.135. The van der Waals surface area contributed by atoms with E-state index in [9.17, 15) is 9.59 Å². The lowest BCUT2D eigenvalue weighted by Crippen LogP contribution is -2.55. The number of urea groups is 1. The Bertz CT molecular complexity index is 1110. The molecule has 1 aliphatic heterocycles. The number of hydrogen-bond acceptors (Lipinski definition) is 3. The van der Waals surface area contributed by atoms with Crippen LogP contribution in [0.3, 0.4) is 0 Å². The van der Waals surface area contributed by atoms with Crippen LogP contribution in [0.5, 0.6) is 0 Å². The van der Waals surface area contributed by atoms with E-state index in [4.69, 9.17) is 0 Å². The summed E-state index contributed by atoms with van der Waals surface area (Å²) in [5.74, 6) is -0.0372. The monoisotopic (exact) mass is 470 g/mol. The third-order valence-corrected chi connectivity index (χ3v) is 6.54. The summed E-state index contributed by atoms with van der Waals surface area (Å²) in [5.41, 5.74) is 5.05. The molecular weight excluding hydrogens is 436 g/mol. The smallest absolute Gasteiger partial charge is 0.319 e. The van der Waals surface area contributed by atoms with Crippen molar-refractivity contribution in [3.63, 3.8) is 0 Å². The molecule has 1 atom stereocenters. The molecule has 1 unspecified atom stereocenters. The van der Waals surface area contributed by atoms with Gasteiger partial charge in [-0.1, -0.05) is 78.9 Å². The van der Waals surface area contributed by atoms with E-state index in [-0.39, 0.29) is 11.9 Å². The number of amides is 3. The van der Waals surface area contributed by atoms with Gasteiger partial charge in [-0.2, -0.15) is 0 Å². The topological polar surface area (TPSA) is 64.7 Å². The number of carbonyl (C=O) groups is 2. The fourth-order valence-corrected chi connectivity index (χ4v) is 4.56. The van der Waals surface area contributed by atoms with Crippen molar-refractivity contribution in [3.8, 4) is 0 Å². The number of para-hydroxylation sites is 1. The molecule has 4 rings (SSSR count). The second kappa shape index (κ2) is 11.7. The van der Waals surface area contributed by atoms with E-state index in [1.165, 1.54) is 5.56 Å². The number of benzene rings is 3. The molecule has 0 radical (unpaired) electrons. The lowest BCUT2D eigenvalue weighted by Gasteiger charge is -2.36. The molecule has 1 fully saturated rings. The van der Waals surface area contributed by atoms with Gasteiger partial charge in [0.2, 0.25) is 5.91 Å². The zero-order valence-corrected chi connectivity index (χ0v) is 20.5. The van der Waals surface area contributed by atoms with Gasteiger partial charge in [0.15, 0.2) is 0 Å². The summed E-state index contributed by atoms with van der Waals surface area (Å²) in [6.45, 7) is 7.73. The van der Waals surface area contributed by atoms with Gasteiger partial charge in [0.25, 0.3) is 0 Å². The molecule has 0 bridgehead atoms. The molecule has 6 heteroatoms. The molecule has 3 aromatic rings. The Balaban J connectivity index is 1.41. The van der Waals surface area contributed by atoms with Crippen molar-refractivity contribution in [2.75, 3.05) is 31.5 Å². The van der Waals surface area contributed by atoms with Gasteiger partial charge in [-0.25, -0.2) is 4.79 Å². The van der Waals surface area contributed by atoms with Crippen LogP contribution in [0.2, 0.25) is 0 Å². The molecule has 1 heterocycles.